The number of esters is 2. The van der Waals surface area contributed by atoms with Crippen molar-refractivity contribution in [3.8, 4) is 35.2 Å². The molecule has 0 aromatic heterocycles. The van der Waals surface area contributed by atoms with Crippen molar-refractivity contribution in [2.45, 2.75) is 102 Å². The quantitative estimate of drug-likeness (QED) is 0.102. The predicted octanol–water partition coefficient (Wildman–Crippen LogP) is 9.00. The minimum Gasteiger partial charge on any atom is -0.426 e. The molecule has 2 unspecified atom stereocenters. The lowest BCUT2D eigenvalue weighted by Crippen LogP contribution is -2.08. The molecule has 0 aliphatic heterocycles. The summed E-state index contributed by atoms with van der Waals surface area (Å²) >= 11 is 1.59. The highest BCUT2D eigenvalue weighted by Crippen LogP contribution is 2.45. The molecule has 0 radical (unpaired) electrons. The SMILES string of the molecule is CCCCCCC#CC(SC(C#CCCCCCC)c1ccccc1OC(C)=O)c1ccccc1OC(C)=O. The molecule has 0 fully saturated rings. The van der Waals surface area contributed by atoms with Crippen LogP contribution >= 0.6 is 11.8 Å². The standard InChI is InChI=1S/C34H42O4S/c1-5-7-9-11-13-15-25-33(29-21-17-19-23-31(29)37-27(3)35)39-34(26-16-14-12-10-8-6-2)30-22-18-20-24-32(30)38-28(4)36/h17-24,33-34H,5-14H2,1-4H3. The van der Waals surface area contributed by atoms with Crippen molar-refractivity contribution in [2.75, 3.05) is 0 Å². The Morgan fingerprint density at radius 2 is 1.08 bits per heavy atom. The summed E-state index contributed by atoms with van der Waals surface area (Å²) in [6, 6.07) is 15.1. The topological polar surface area (TPSA) is 52.6 Å². The van der Waals surface area contributed by atoms with Crippen LogP contribution in [0.15, 0.2) is 48.5 Å². The summed E-state index contributed by atoms with van der Waals surface area (Å²) < 4.78 is 11.1. The van der Waals surface area contributed by atoms with Crippen LogP contribution in [0.1, 0.15) is 114 Å². The van der Waals surface area contributed by atoms with Crippen molar-refractivity contribution in [2.24, 2.45) is 0 Å². The molecule has 2 atom stereocenters. The highest BCUT2D eigenvalue weighted by Gasteiger charge is 2.23. The van der Waals surface area contributed by atoms with Crippen molar-refractivity contribution in [1.29, 1.82) is 0 Å². The van der Waals surface area contributed by atoms with Crippen molar-refractivity contribution >= 4 is 23.7 Å². The van der Waals surface area contributed by atoms with E-state index in [1.807, 2.05) is 36.4 Å². The van der Waals surface area contributed by atoms with E-state index in [0.29, 0.717) is 11.5 Å². The van der Waals surface area contributed by atoms with E-state index < -0.39 is 0 Å². The fourth-order valence-corrected chi connectivity index (χ4v) is 5.26. The first-order valence-corrected chi connectivity index (χ1v) is 15.1. The molecule has 2 aromatic rings. The van der Waals surface area contributed by atoms with Gasteiger partial charge in [0.1, 0.15) is 11.5 Å². The lowest BCUT2D eigenvalue weighted by molar-refractivity contribution is -0.132. The lowest BCUT2D eigenvalue weighted by Gasteiger charge is -2.20. The molecule has 0 bridgehead atoms. The molecule has 208 valence electrons. The fraction of sp³-hybridized carbons (Fsp3) is 0.471. The summed E-state index contributed by atoms with van der Waals surface area (Å²) in [7, 11) is 0. The highest BCUT2D eigenvalue weighted by molar-refractivity contribution is 8.00. The number of rotatable bonds is 14. The van der Waals surface area contributed by atoms with Crippen LogP contribution < -0.4 is 9.47 Å². The van der Waals surface area contributed by atoms with Gasteiger partial charge in [0, 0.05) is 37.8 Å². The number of unbranched alkanes of at least 4 members (excludes halogenated alkanes) is 8. The minimum atomic E-state index is -0.373. The van der Waals surface area contributed by atoms with Crippen LogP contribution in [0.4, 0.5) is 0 Å². The highest BCUT2D eigenvalue weighted by atomic mass is 32.2. The number of ether oxygens (including phenoxy) is 2. The van der Waals surface area contributed by atoms with E-state index in [4.69, 9.17) is 9.47 Å². The van der Waals surface area contributed by atoms with E-state index in [2.05, 4.69) is 37.5 Å². The van der Waals surface area contributed by atoms with Crippen molar-refractivity contribution in [3.05, 3.63) is 59.7 Å². The predicted molar refractivity (Wildman–Crippen MR) is 162 cm³/mol. The average molecular weight is 547 g/mol. The first-order chi connectivity index (χ1) is 19.0. The number of carbonyl (C=O) groups excluding carboxylic acids is 2. The van der Waals surface area contributed by atoms with Crippen LogP contribution in [0.25, 0.3) is 0 Å². The number of hydrogen-bond donors (Lipinski definition) is 0. The van der Waals surface area contributed by atoms with Gasteiger partial charge in [0.05, 0.1) is 10.5 Å². The molecular weight excluding hydrogens is 504 g/mol. The van der Waals surface area contributed by atoms with Gasteiger partial charge in [-0.2, -0.15) is 0 Å². The van der Waals surface area contributed by atoms with Gasteiger partial charge in [-0.05, 0) is 25.0 Å². The van der Waals surface area contributed by atoms with Gasteiger partial charge in [0.25, 0.3) is 0 Å². The normalized spacial score (nSPS) is 11.8. The molecule has 0 amide bonds. The van der Waals surface area contributed by atoms with Crippen LogP contribution in [-0.4, -0.2) is 11.9 Å². The van der Waals surface area contributed by atoms with Gasteiger partial charge in [-0.3, -0.25) is 9.59 Å². The molecule has 0 aliphatic carbocycles. The maximum Gasteiger partial charge on any atom is 0.308 e. The van der Waals surface area contributed by atoms with E-state index in [0.717, 1.165) is 49.7 Å². The zero-order valence-corrected chi connectivity index (χ0v) is 24.7. The lowest BCUT2D eigenvalue weighted by atomic mass is 10.1. The summed E-state index contributed by atoms with van der Waals surface area (Å²) in [5, 5.41) is -0.590. The molecule has 0 saturated heterocycles. The monoisotopic (exact) mass is 546 g/mol. The molecule has 5 heteroatoms. The van der Waals surface area contributed by atoms with E-state index >= 15 is 0 Å². The maximum absolute atomic E-state index is 11.9. The van der Waals surface area contributed by atoms with Gasteiger partial charge in [-0.25, -0.2) is 0 Å². The van der Waals surface area contributed by atoms with Crippen LogP contribution in [0.3, 0.4) is 0 Å². The Kier molecular flexibility index (Phi) is 15.6. The Morgan fingerprint density at radius 1 is 0.667 bits per heavy atom. The number of thioether (sulfide) groups is 1. The van der Waals surface area contributed by atoms with Gasteiger partial charge in [-0.1, -0.05) is 101 Å². The third-order valence-electron chi connectivity index (χ3n) is 5.96. The van der Waals surface area contributed by atoms with Crippen LogP contribution in [-0.2, 0) is 9.59 Å². The minimum absolute atomic E-state index is 0.295. The van der Waals surface area contributed by atoms with Crippen molar-refractivity contribution < 1.29 is 19.1 Å². The number of benzene rings is 2. The van der Waals surface area contributed by atoms with E-state index in [9.17, 15) is 9.59 Å². The van der Waals surface area contributed by atoms with Crippen LogP contribution in [0, 0.1) is 23.7 Å². The first-order valence-electron chi connectivity index (χ1n) is 14.1. The third-order valence-corrected chi connectivity index (χ3v) is 7.25. The molecule has 0 spiro atoms. The van der Waals surface area contributed by atoms with Crippen molar-refractivity contribution in [1.82, 2.24) is 0 Å². The molecule has 4 nitrogen and oxygen atoms in total. The summed E-state index contributed by atoms with van der Waals surface area (Å²) in [4.78, 5) is 23.7. The van der Waals surface area contributed by atoms with E-state index in [1.165, 1.54) is 39.5 Å². The summed E-state index contributed by atoms with van der Waals surface area (Å²) in [5.74, 6) is 13.9. The van der Waals surface area contributed by atoms with Crippen LogP contribution in [0.5, 0.6) is 11.5 Å². The first kappa shape index (κ1) is 32.1. The van der Waals surface area contributed by atoms with E-state index in [-0.39, 0.29) is 22.4 Å². The second kappa shape index (κ2) is 19.0. The van der Waals surface area contributed by atoms with Crippen LogP contribution in [0.2, 0.25) is 0 Å². The van der Waals surface area contributed by atoms with Gasteiger partial charge in [-0.15, -0.1) is 23.6 Å². The van der Waals surface area contributed by atoms with Crippen molar-refractivity contribution in [3.63, 3.8) is 0 Å². The summed E-state index contributed by atoms with van der Waals surface area (Å²) in [6.07, 6.45) is 10.8. The molecule has 0 N–H and O–H groups in total. The van der Waals surface area contributed by atoms with Gasteiger partial charge < -0.3 is 9.47 Å². The number of carbonyl (C=O) groups is 2. The molecular formula is C34H42O4S. The average Bonchev–Trinajstić information content (AvgIpc) is 2.91. The molecule has 0 heterocycles. The Hall–Kier alpha value is -3.15. The molecule has 39 heavy (non-hydrogen) atoms. The van der Waals surface area contributed by atoms with Gasteiger partial charge >= 0.3 is 11.9 Å². The molecule has 2 aromatic carbocycles. The molecule has 0 aliphatic rings. The number of para-hydroxylation sites is 2. The summed E-state index contributed by atoms with van der Waals surface area (Å²) in [5.41, 5.74) is 1.66. The Balaban J connectivity index is 2.46. The zero-order valence-electron chi connectivity index (χ0n) is 23.9. The Bertz CT molecular complexity index is 1070. The third kappa shape index (κ3) is 12.5. The van der Waals surface area contributed by atoms with Gasteiger partial charge in [0.15, 0.2) is 0 Å². The second-order valence-electron chi connectivity index (χ2n) is 9.42. The second-order valence-corrected chi connectivity index (χ2v) is 10.6. The zero-order chi connectivity index (χ0) is 28.3. The fourth-order valence-electron chi connectivity index (χ4n) is 4.01. The largest absolute Gasteiger partial charge is 0.426 e. The maximum atomic E-state index is 11.9. The molecule has 2 rings (SSSR count). The van der Waals surface area contributed by atoms with Gasteiger partial charge in [0.2, 0.25) is 0 Å². The number of hydrogen-bond acceptors (Lipinski definition) is 5. The Labute approximate surface area is 239 Å². The van der Waals surface area contributed by atoms with E-state index in [1.54, 1.807) is 23.9 Å². The smallest absolute Gasteiger partial charge is 0.308 e. The Morgan fingerprint density at radius 3 is 1.46 bits per heavy atom. The summed E-state index contributed by atoms with van der Waals surface area (Å²) in [6.45, 7) is 7.20. The molecule has 0 saturated carbocycles.